The largest absolute Gasteiger partial charge is 0.508 e. The van der Waals surface area contributed by atoms with Crippen LogP contribution in [0.25, 0.3) is 0 Å². The topological polar surface area (TPSA) is 32.3 Å². The molecular weight excluding hydrogens is 234 g/mol. The molecule has 2 N–H and O–H groups in total. The van der Waals surface area contributed by atoms with E-state index < -0.39 is 0 Å². The van der Waals surface area contributed by atoms with Crippen LogP contribution in [0.5, 0.6) is 5.75 Å². The molecule has 1 atom stereocenters. The molecule has 0 aliphatic rings. The van der Waals surface area contributed by atoms with Crippen molar-refractivity contribution in [1.82, 2.24) is 0 Å². The highest BCUT2D eigenvalue weighted by Crippen LogP contribution is 2.26. The van der Waals surface area contributed by atoms with Crippen molar-refractivity contribution in [2.45, 2.75) is 33.7 Å². The van der Waals surface area contributed by atoms with Gasteiger partial charge < -0.3 is 10.4 Å². The van der Waals surface area contributed by atoms with Gasteiger partial charge in [0, 0.05) is 17.8 Å². The molecule has 0 saturated carbocycles. The molecule has 0 aliphatic carbocycles. The summed E-state index contributed by atoms with van der Waals surface area (Å²) < 4.78 is 0. The average Bonchev–Trinajstić information content (AvgIpc) is 2.33. The quantitative estimate of drug-likeness (QED) is 0.847. The van der Waals surface area contributed by atoms with E-state index in [0.29, 0.717) is 5.75 Å². The number of hydrogen-bond acceptors (Lipinski definition) is 2. The van der Waals surface area contributed by atoms with Crippen molar-refractivity contribution < 1.29 is 5.11 Å². The number of phenols is 1. The van der Waals surface area contributed by atoms with Crippen LogP contribution in [0.1, 0.15) is 35.2 Å². The number of aryl methyl sites for hydroxylation is 3. The fraction of sp³-hybridized carbons (Fsp3) is 0.294. The van der Waals surface area contributed by atoms with Crippen LogP contribution >= 0.6 is 0 Å². The maximum atomic E-state index is 9.73. The van der Waals surface area contributed by atoms with E-state index in [1.54, 1.807) is 6.07 Å². The monoisotopic (exact) mass is 255 g/mol. The van der Waals surface area contributed by atoms with Gasteiger partial charge in [-0.05, 0) is 50.5 Å². The zero-order chi connectivity index (χ0) is 14.0. The van der Waals surface area contributed by atoms with Crippen LogP contribution in [0.4, 0.5) is 5.69 Å². The SMILES string of the molecule is Cc1ccc(C(C)Nc2ccc(C)c(O)c2)c(C)c1. The first-order valence-corrected chi connectivity index (χ1v) is 6.60. The van der Waals surface area contributed by atoms with E-state index >= 15 is 0 Å². The van der Waals surface area contributed by atoms with E-state index in [1.165, 1.54) is 16.7 Å². The van der Waals surface area contributed by atoms with Gasteiger partial charge in [-0.1, -0.05) is 29.8 Å². The second-order valence-electron chi connectivity index (χ2n) is 5.23. The summed E-state index contributed by atoms with van der Waals surface area (Å²) in [7, 11) is 0. The molecule has 19 heavy (non-hydrogen) atoms. The standard InChI is InChI=1S/C17H21NO/c1-11-5-8-16(13(3)9-11)14(4)18-15-7-6-12(2)17(19)10-15/h5-10,14,18-19H,1-4H3. The molecule has 2 aromatic rings. The first kappa shape index (κ1) is 13.5. The maximum Gasteiger partial charge on any atom is 0.120 e. The van der Waals surface area contributed by atoms with Gasteiger partial charge in [0.1, 0.15) is 5.75 Å². The number of aromatic hydroxyl groups is 1. The summed E-state index contributed by atoms with van der Waals surface area (Å²) in [5, 5.41) is 13.2. The number of rotatable bonds is 3. The Morgan fingerprint density at radius 2 is 1.68 bits per heavy atom. The van der Waals surface area contributed by atoms with Crippen molar-refractivity contribution in [2.24, 2.45) is 0 Å². The molecule has 2 aromatic carbocycles. The molecule has 1 unspecified atom stereocenters. The van der Waals surface area contributed by atoms with Crippen LogP contribution in [0.3, 0.4) is 0 Å². The zero-order valence-electron chi connectivity index (χ0n) is 12.0. The Morgan fingerprint density at radius 3 is 2.32 bits per heavy atom. The molecule has 0 fully saturated rings. The Bertz CT molecular complexity index is 590. The molecule has 0 aromatic heterocycles. The predicted molar refractivity (Wildman–Crippen MR) is 80.8 cm³/mol. The van der Waals surface area contributed by atoms with E-state index in [1.807, 2.05) is 19.1 Å². The zero-order valence-corrected chi connectivity index (χ0v) is 12.0. The normalized spacial score (nSPS) is 12.2. The number of phenolic OH excluding ortho intramolecular Hbond substituents is 1. The first-order chi connectivity index (χ1) is 8.97. The summed E-state index contributed by atoms with van der Waals surface area (Å²) in [6.45, 7) is 8.27. The lowest BCUT2D eigenvalue weighted by molar-refractivity contribution is 0.471. The van der Waals surface area contributed by atoms with Crippen LogP contribution in [0, 0.1) is 20.8 Å². The van der Waals surface area contributed by atoms with E-state index in [-0.39, 0.29) is 6.04 Å². The molecule has 0 amide bonds. The van der Waals surface area contributed by atoms with E-state index in [2.05, 4.69) is 44.3 Å². The molecule has 0 saturated heterocycles. The van der Waals surface area contributed by atoms with Gasteiger partial charge in [-0.25, -0.2) is 0 Å². The van der Waals surface area contributed by atoms with Gasteiger partial charge >= 0.3 is 0 Å². The first-order valence-electron chi connectivity index (χ1n) is 6.60. The molecule has 0 spiro atoms. The molecule has 0 radical (unpaired) electrons. The van der Waals surface area contributed by atoms with Crippen LogP contribution < -0.4 is 5.32 Å². The lowest BCUT2D eigenvalue weighted by Crippen LogP contribution is -2.08. The van der Waals surface area contributed by atoms with Gasteiger partial charge in [0.2, 0.25) is 0 Å². The Balaban J connectivity index is 2.20. The number of nitrogens with one attached hydrogen (secondary N) is 1. The average molecular weight is 255 g/mol. The summed E-state index contributed by atoms with van der Waals surface area (Å²) in [6.07, 6.45) is 0. The third kappa shape index (κ3) is 3.08. The lowest BCUT2D eigenvalue weighted by Gasteiger charge is -2.18. The highest BCUT2D eigenvalue weighted by molar-refractivity contribution is 5.52. The number of benzene rings is 2. The van der Waals surface area contributed by atoms with Crippen molar-refractivity contribution in [3.63, 3.8) is 0 Å². The summed E-state index contributed by atoms with van der Waals surface area (Å²) in [4.78, 5) is 0. The molecule has 0 heterocycles. The molecule has 2 nitrogen and oxygen atoms in total. The molecule has 0 bridgehead atoms. The fourth-order valence-electron chi connectivity index (χ4n) is 2.34. The predicted octanol–water partition coefficient (Wildman–Crippen LogP) is 4.49. The van der Waals surface area contributed by atoms with Gasteiger partial charge in [-0.15, -0.1) is 0 Å². The number of hydrogen-bond donors (Lipinski definition) is 2. The second kappa shape index (κ2) is 5.35. The molecule has 0 aliphatic heterocycles. The van der Waals surface area contributed by atoms with Crippen molar-refractivity contribution >= 4 is 5.69 Å². The Morgan fingerprint density at radius 1 is 0.947 bits per heavy atom. The van der Waals surface area contributed by atoms with Gasteiger partial charge in [-0.3, -0.25) is 0 Å². The van der Waals surface area contributed by atoms with E-state index in [4.69, 9.17) is 0 Å². The summed E-state index contributed by atoms with van der Waals surface area (Å²) >= 11 is 0. The third-order valence-electron chi connectivity index (χ3n) is 3.48. The Kier molecular flexibility index (Phi) is 3.79. The van der Waals surface area contributed by atoms with E-state index in [9.17, 15) is 5.11 Å². The Labute approximate surface area is 115 Å². The highest BCUT2D eigenvalue weighted by Gasteiger charge is 2.09. The minimum Gasteiger partial charge on any atom is -0.508 e. The molecule has 2 rings (SSSR count). The van der Waals surface area contributed by atoms with Gasteiger partial charge in [-0.2, -0.15) is 0 Å². The molecule has 100 valence electrons. The highest BCUT2D eigenvalue weighted by atomic mass is 16.3. The van der Waals surface area contributed by atoms with Crippen molar-refractivity contribution in [1.29, 1.82) is 0 Å². The van der Waals surface area contributed by atoms with Crippen molar-refractivity contribution in [2.75, 3.05) is 5.32 Å². The fourth-order valence-corrected chi connectivity index (χ4v) is 2.34. The second-order valence-corrected chi connectivity index (χ2v) is 5.23. The minimum atomic E-state index is 0.211. The van der Waals surface area contributed by atoms with Crippen molar-refractivity contribution in [3.05, 3.63) is 58.7 Å². The molecular formula is C17H21NO. The Hall–Kier alpha value is -1.96. The number of anilines is 1. The maximum absolute atomic E-state index is 9.73. The van der Waals surface area contributed by atoms with Crippen LogP contribution in [-0.4, -0.2) is 5.11 Å². The third-order valence-corrected chi connectivity index (χ3v) is 3.48. The minimum absolute atomic E-state index is 0.211. The van der Waals surface area contributed by atoms with Gasteiger partial charge in [0.15, 0.2) is 0 Å². The smallest absolute Gasteiger partial charge is 0.120 e. The van der Waals surface area contributed by atoms with Gasteiger partial charge in [0.05, 0.1) is 0 Å². The summed E-state index contributed by atoms with van der Waals surface area (Å²) in [5.74, 6) is 0.331. The summed E-state index contributed by atoms with van der Waals surface area (Å²) in [5.41, 5.74) is 5.68. The molecule has 2 heteroatoms. The van der Waals surface area contributed by atoms with Crippen LogP contribution in [-0.2, 0) is 0 Å². The van der Waals surface area contributed by atoms with Crippen molar-refractivity contribution in [3.8, 4) is 5.75 Å². The van der Waals surface area contributed by atoms with E-state index in [0.717, 1.165) is 11.3 Å². The van der Waals surface area contributed by atoms with Gasteiger partial charge in [0.25, 0.3) is 0 Å². The lowest BCUT2D eigenvalue weighted by atomic mass is 10.00. The van der Waals surface area contributed by atoms with Crippen LogP contribution in [0.2, 0.25) is 0 Å². The summed E-state index contributed by atoms with van der Waals surface area (Å²) in [6, 6.07) is 12.4. The van der Waals surface area contributed by atoms with Crippen LogP contribution in [0.15, 0.2) is 36.4 Å².